The van der Waals surface area contributed by atoms with Gasteiger partial charge in [-0.2, -0.15) is 0 Å². The van der Waals surface area contributed by atoms with E-state index in [2.05, 4.69) is 10.0 Å². The third kappa shape index (κ3) is 5.04. The van der Waals surface area contributed by atoms with Crippen molar-refractivity contribution in [3.8, 4) is 0 Å². The summed E-state index contributed by atoms with van der Waals surface area (Å²) < 4.78 is 27.0. The number of sulfonamides is 1. The van der Waals surface area contributed by atoms with Crippen LogP contribution >= 0.6 is 0 Å². The van der Waals surface area contributed by atoms with Gasteiger partial charge in [-0.1, -0.05) is 0 Å². The number of nitrogens with one attached hydrogen (secondary N) is 2. The summed E-state index contributed by atoms with van der Waals surface area (Å²) in [6.07, 6.45) is 2.72. The third-order valence-corrected chi connectivity index (χ3v) is 5.28. The second-order valence-corrected chi connectivity index (χ2v) is 7.50. The average Bonchev–Trinajstić information content (AvgIpc) is 2.96. The van der Waals surface area contributed by atoms with Gasteiger partial charge in [-0.25, -0.2) is 13.1 Å². The molecule has 0 atom stereocenters. The van der Waals surface area contributed by atoms with Crippen molar-refractivity contribution in [3.63, 3.8) is 0 Å². The molecule has 1 aliphatic rings. The molecule has 7 nitrogen and oxygen atoms in total. The van der Waals surface area contributed by atoms with Gasteiger partial charge in [-0.3, -0.25) is 9.59 Å². The SMILES string of the molecule is CC(=O)NCCCCNS(=O)(=O)c1ccc(N2CCCC2=O)cc1. The summed E-state index contributed by atoms with van der Waals surface area (Å²) in [5.74, 6) is -0.0185. The van der Waals surface area contributed by atoms with Crippen LogP contribution in [0.3, 0.4) is 0 Å². The fourth-order valence-electron chi connectivity index (χ4n) is 2.53. The van der Waals surface area contributed by atoms with Crippen LogP contribution in [0.2, 0.25) is 0 Å². The molecular formula is C16H23N3O4S. The maximum Gasteiger partial charge on any atom is 0.240 e. The number of nitrogens with zero attached hydrogens (tertiary/aromatic N) is 1. The summed E-state index contributed by atoms with van der Waals surface area (Å²) in [7, 11) is -3.56. The van der Waals surface area contributed by atoms with Gasteiger partial charge in [0, 0.05) is 38.7 Å². The fourth-order valence-corrected chi connectivity index (χ4v) is 3.60. The Kier molecular flexibility index (Phi) is 6.33. The monoisotopic (exact) mass is 353 g/mol. The highest BCUT2D eigenvalue weighted by Gasteiger charge is 2.22. The van der Waals surface area contributed by atoms with Crippen LogP contribution in [0.4, 0.5) is 5.69 Å². The molecule has 0 radical (unpaired) electrons. The van der Waals surface area contributed by atoms with Gasteiger partial charge in [0.25, 0.3) is 0 Å². The molecule has 0 aliphatic carbocycles. The Morgan fingerprint density at radius 1 is 1.17 bits per heavy atom. The standard InChI is InChI=1S/C16H23N3O4S/c1-13(20)17-10-2-3-11-18-24(22,23)15-8-6-14(7-9-15)19-12-4-5-16(19)21/h6-9,18H,2-5,10-12H2,1H3,(H,17,20). The van der Waals surface area contributed by atoms with Crippen LogP contribution < -0.4 is 14.9 Å². The van der Waals surface area contributed by atoms with Gasteiger partial charge in [0.2, 0.25) is 21.8 Å². The molecule has 24 heavy (non-hydrogen) atoms. The minimum Gasteiger partial charge on any atom is -0.356 e. The van der Waals surface area contributed by atoms with E-state index in [0.29, 0.717) is 38.9 Å². The molecule has 1 saturated heterocycles. The largest absolute Gasteiger partial charge is 0.356 e. The van der Waals surface area contributed by atoms with Crippen molar-refractivity contribution >= 4 is 27.5 Å². The zero-order valence-electron chi connectivity index (χ0n) is 13.7. The van der Waals surface area contributed by atoms with Crippen LogP contribution in [0.5, 0.6) is 0 Å². The van der Waals surface area contributed by atoms with Crippen molar-refractivity contribution in [2.45, 2.75) is 37.5 Å². The van der Waals surface area contributed by atoms with Gasteiger partial charge in [-0.05, 0) is 43.5 Å². The Labute approximate surface area is 142 Å². The average molecular weight is 353 g/mol. The van der Waals surface area contributed by atoms with Crippen LogP contribution in [0.1, 0.15) is 32.6 Å². The normalized spacial score (nSPS) is 14.9. The lowest BCUT2D eigenvalue weighted by Gasteiger charge is -2.16. The lowest BCUT2D eigenvalue weighted by molar-refractivity contribution is -0.119. The van der Waals surface area contributed by atoms with Crippen molar-refractivity contribution < 1.29 is 18.0 Å². The molecule has 1 aromatic carbocycles. The van der Waals surface area contributed by atoms with E-state index < -0.39 is 10.0 Å². The highest BCUT2D eigenvalue weighted by Crippen LogP contribution is 2.22. The summed E-state index contributed by atoms with van der Waals surface area (Å²) in [6.45, 7) is 2.98. The first-order valence-electron chi connectivity index (χ1n) is 8.05. The number of hydrogen-bond donors (Lipinski definition) is 2. The second kappa shape index (κ2) is 8.25. The highest BCUT2D eigenvalue weighted by molar-refractivity contribution is 7.89. The summed E-state index contributed by atoms with van der Waals surface area (Å²) >= 11 is 0. The Hall–Kier alpha value is -1.93. The van der Waals surface area contributed by atoms with Crippen molar-refractivity contribution in [3.05, 3.63) is 24.3 Å². The Morgan fingerprint density at radius 2 is 1.83 bits per heavy atom. The molecular weight excluding hydrogens is 330 g/mol. The van der Waals surface area contributed by atoms with Gasteiger partial charge in [0.15, 0.2) is 0 Å². The van der Waals surface area contributed by atoms with Gasteiger partial charge < -0.3 is 10.2 Å². The molecule has 2 N–H and O–H groups in total. The van der Waals surface area contributed by atoms with Crippen molar-refractivity contribution in [1.29, 1.82) is 0 Å². The van der Waals surface area contributed by atoms with Gasteiger partial charge in [0.1, 0.15) is 0 Å². The predicted octanol–water partition coefficient (Wildman–Crippen LogP) is 1.01. The summed E-state index contributed by atoms with van der Waals surface area (Å²) in [6, 6.07) is 6.35. The first kappa shape index (κ1) is 18.4. The van der Waals surface area contributed by atoms with E-state index in [1.165, 1.54) is 19.1 Å². The molecule has 1 aromatic rings. The number of benzene rings is 1. The number of carbonyl (C=O) groups excluding carboxylic acids is 2. The van der Waals surface area contributed by atoms with Crippen LogP contribution in [0.25, 0.3) is 0 Å². The molecule has 132 valence electrons. The minimum absolute atomic E-state index is 0.0721. The fraction of sp³-hybridized carbons (Fsp3) is 0.500. The summed E-state index contributed by atoms with van der Waals surface area (Å²) in [5, 5.41) is 2.66. The Bertz CT molecular complexity index is 686. The van der Waals surface area contributed by atoms with Gasteiger partial charge in [0.05, 0.1) is 4.90 Å². The van der Waals surface area contributed by atoms with Crippen LogP contribution in [-0.4, -0.2) is 39.9 Å². The molecule has 0 saturated carbocycles. The van der Waals surface area contributed by atoms with E-state index in [0.717, 1.165) is 12.1 Å². The van der Waals surface area contributed by atoms with E-state index in [4.69, 9.17) is 0 Å². The van der Waals surface area contributed by atoms with Gasteiger partial charge >= 0.3 is 0 Å². The number of amides is 2. The zero-order valence-corrected chi connectivity index (χ0v) is 14.6. The molecule has 0 spiro atoms. The van der Waals surface area contributed by atoms with Crippen LogP contribution in [0, 0.1) is 0 Å². The third-order valence-electron chi connectivity index (χ3n) is 3.80. The van der Waals surface area contributed by atoms with Crippen molar-refractivity contribution in [2.24, 2.45) is 0 Å². The number of unbranched alkanes of at least 4 members (excludes halogenated alkanes) is 1. The smallest absolute Gasteiger partial charge is 0.240 e. The molecule has 0 unspecified atom stereocenters. The van der Waals surface area contributed by atoms with E-state index in [1.54, 1.807) is 17.0 Å². The first-order valence-corrected chi connectivity index (χ1v) is 9.53. The lowest BCUT2D eigenvalue weighted by Crippen LogP contribution is -2.27. The van der Waals surface area contributed by atoms with E-state index in [-0.39, 0.29) is 16.7 Å². The van der Waals surface area contributed by atoms with E-state index >= 15 is 0 Å². The Morgan fingerprint density at radius 3 is 2.42 bits per heavy atom. The van der Waals surface area contributed by atoms with Crippen LogP contribution in [-0.2, 0) is 19.6 Å². The highest BCUT2D eigenvalue weighted by atomic mass is 32.2. The first-order chi connectivity index (χ1) is 11.4. The maximum atomic E-state index is 12.2. The maximum absolute atomic E-state index is 12.2. The molecule has 2 rings (SSSR count). The van der Waals surface area contributed by atoms with Crippen molar-refractivity contribution in [2.75, 3.05) is 24.5 Å². The summed E-state index contributed by atoms with van der Waals surface area (Å²) in [5.41, 5.74) is 0.728. The number of hydrogen-bond acceptors (Lipinski definition) is 4. The summed E-state index contributed by atoms with van der Waals surface area (Å²) in [4.78, 5) is 24.3. The molecule has 1 aliphatic heterocycles. The molecule has 1 fully saturated rings. The molecule has 2 amide bonds. The number of rotatable bonds is 8. The minimum atomic E-state index is -3.56. The molecule has 1 heterocycles. The van der Waals surface area contributed by atoms with E-state index in [9.17, 15) is 18.0 Å². The Balaban J connectivity index is 1.85. The number of anilines is 1. The molecule has 8 heteroatoms. The lowest BCUT2D eigenvalue weighted by atomic mass is 10.3. The van der Waals surface area contributed by atoms with Gasteiger partial charge in [-0.15, -0.1) is 0 Å². The topological polar surface area (TPSA) is 95.6 Å². The molecule has 0 aromatic heterocycles. The van der Waals surface area contributed by atoms with E-state index in [1.807, 2.05) is 0 Å². The second-order valence-electron chi connectivity index (χ2n) is 5.73. The molecule has 0 bridgehead atoms. The predicted molar refractivity (Wildman–Crippen MR) is 91.1 cm³/mol. The van der Waals surface area contributed by atoms with Crippen molar-refractivity contribution in [1.82, 2.24) is 10.0 Å². The zero-order chi connectivity index (χ0) is 17.6. The number of carbonyl (C=O) groups is 2. The van der Waals surface area contributed by atoms with Crippen LogP contribution in [0.15, 0.2) is 29.2 Å². The quantitative estimate of drug-likeness (QED) is 0.682.